The number of aromatic nitrogens is 4. The van der Waals surface area contributed by atoms with Gasteiger partial charge in [0.25, 0.3) is 11.8 Å². The number of aryl methyl sites for hydroxylation is 1. The standard InChI is InChI=1S/C33H32N6O6S/c1-44-25-15-24(16-26(18-25)45-2)38(11-6-12-39-32(40)27-7-4-5-8-28(27)33(39)41)23-9-10-29-30(17-23)36-31(20-34-29)22-19-35-37(21-22)13-14-46(3,42)43/h4-5,7-10,15-21H,6,11-14H2,1-3H3. The molecule has 46 heavy (non-hydrogen) atoms. The number of methoxy groups -OCH3 is 2. The van der Waals surface area contributed by atoms with E-state index in [4.69, 9.17) is 14.5 Å². The van der Waals surface area contributed by atoms with Gasteiger partial charge in [-0.1, -0.05) is 12.1 Å². The summed E-state index contributed by atoms with van der Waals surface area (Å²) in [6.07, 6.45) is 6.72. The summed E-state index contributed by atoms with van der Waals surface area (Å²) in [7, 11) is 0.0437. The minimum Gasteiger partial charge on any atom is -0.497 e. The summed E-state index contributed by atoms with van der Waals surface area (Å²) in [5, 5.41) is 4.28. The molecule has 0 unspecified atom stereocenters. The summed E-state index contributed by atoms with van der Waals surface area (Å²) in [6.45, 7) is 0.934. The molecule has 0 bridgehead atoms. The van der Waals surface area contributed by atoms with Gasteiger partial charge in [-0.05, 0) is 36.8 Å². The van der Waals surface area contributed by atoms with Crippen LogP contribution in [0.5, 0.6) is 11.5 Å². The summed E-state index contributed by atoms with van der Waals surface area (Å²) < 4.78 is 35.8. The van der Waals surface area contributed by atoms with Crippen LogP contribution in [0.4, 0.5) is 11.4 Å². The number of amides is 2. The molecule has 0 atom stereocenters. The van der Waals surface area contributed by atoms with Crippen molar-refractivity contribution >= 4 is 44.1 Å². The summed E-state index contributed by atoms with van der Waals surface area (Å²) in [6, 6.07) is 18.2. The van der Waals surface area contributed by atoms with Gasteiger partial charge in [-0.15, -0.1) is 0 Å². The Labute approximate surface area is 266 Å². The highest BCUT2D eigenvalue weighted by Crippen LogP contribution is 2.34. The van der Waals surface area contributed by atoms with Gasteiger partial charge in [0.1, 0.15) is 21.3 Å². The van der Waals surface area contributed by atoms with Gasteiger partial charge in [-0.3, -0.25) is 24.2 Å². The molecule has 0 N–H and O–H groups in total. The van der Waals surface area contributed by atoms with E-state index in [1.165, 1.54) is 11.2 Å². The zero-order chi connectivity index (χ0) is 32.4. The van der Waals surface area contributed by atoms with E-state index in [0.29, 0.717) is 57.9 Å². The van der Waals surface area contributed by atoms with E-state index in [0.717, 1.165) is 11.4 Å². The highest BCUT2D eigenvalue weighted by molar-refractivity contribution is 7.90. The molecule has 3 aromatic carbocycles. The molecule has 2 aromatic heterocycles. The maximum Gasteiger partial charge on any atom is 0.261 e. The smallest absolute Gasteiger partial charge is 0.261 e. The average Bonchev–Trinajstić information content (AvgIpc) is 3.63. The van der Waals surface area contributed by atoms with Crippen molar-refractivity contribution in [2.75, 3.05) is 44.2 Å². The number of sulfone groups is 1. The van der Waals surface area contributed by atoms with Gasteiger partial charge < -0.3 is 14.4 Å². The Bertz CT molecular complexity index is 2000. The minimum atomic E-state index is -3.13. The lowest BCUT2D eigenvalue weighted by Crippen LogP contribution is -2.32. The molecule has 12 nitrogen and oxygen atoms in total. The van der Waals surface area contributed by atoms with Gasteiger partial charge in [0, 0.05) is 60.7 Å². The number of carbonyl (C=O) groups excluding carboxylic acids is 2. The van der Waals surface area contributed by atoms with Crippen LogP contribution in [0, 0.1) is 0 Å². The molecule has 1 aliphatic heterocycles. The number of carbonyl (C=O) groups is 2. The first-order chi connectivity index (χ1) is 22.1. The van der Waals surface area contributed by atoms with Crippen molar-refractivity contribution < 1.29 is 27.5 Å². The van der Waals surface area contributed by atoms with Crippen LogP contribution in [0.25, 0.3) is 22.3 Å². The van der Waals surface area contributed by atoms with E-state index in [1.54, 1.807) is 67.8 Å². The number of hydrogen-bond acceptors (Lipinski definition) is 10. The number of benzene rings is 3. The van der Waals surface area contributed by atoms with Crippen LogP contribution in [0.15, 0.2) is 79.3 Å². The molecular formula is C33H32N6O6S. The molecule has 0 saturated heterocycles. The predicted octanol–water partition coefficient (Wildman–Crippen LogP) is 4.38. The summed E-state index contributed by atoms with van der Waals surface area (Å²) in [5.74, 6) is 0.622. The molecule has 0 saturated carbocycles. The Morgan fingerprint density at radius 3 is 2.17 bits per heavy atom. The first-order valence-corrected chi connectivity index (χ1v) is 16.6. The first kappa shape index (κ1) is 30.7. The van der Waals surface area contributed by atoms with E-state index < -0.39 is 9.84 Å². The van der Waals surface area contributed by atoms with E-state index in [-0.39, 0.29) is 30.7 Å². The van der Waals surface area contributed by atoms with Crippen molar-refractivity contribution in [2.45, 2.75) is 13.0 Å². The van der Waals surface area contributed by atoms with E-state index in [9.17, 15) is 18.0 Å². The summed E-state index contributed by atoms with van der Waals surface area (Å²) >= 11 is 0. The van der Waals surface area contributed by atoms with Gasteiger partial charge in [-0.25, -0.2) is 13.4 Å². The van der Waals surface area contributed by atoms with Crippen LogP contribution in [0.1, 0.15) is 27.1 Å². The van der Waals surface area contributed by atoms with E-state index in [2.05, 4.69) is 15.0 Å². The van der Waals surface area contributed by atoms with Crippen molar-refractivity contribution in [2.24, 2.45) is 0 Å². The van der Waals surface area contributed by atoms with Crippen LogP contribution in [0.3, 0.4) is 0 Å². The third-order valence-electron chi connectivity index (χ3n) is 7.75. The Hall–Kier alpha value is -5.30. The van der Waals surface area contributed by atoms with Crippen molar-refractivity contribution in [3.05, 3.63) is 90.4 Å². The van der Waals surface area contributed by atoms with E-state index in [1.807, 2.05) is 30.3 Å². The topological polar surface area (TPSA) is 137 Å². The second-order valence-electron chi connectivity index (χ2n) is 10.9. The molecule has 6 rings (SSSR count). The van der Waals surface area contributed by atoms with E-state index >= 15 is 0 Å². The molecule has 236 valence electrons. The number of nitrogens with zero attached hydrogens (tertiary/aromatic N) is 6. The molecule has 0 radical (unpaired) electrons. The molecule has 0 aliphatic carbocycles. The minimum absolute atomic E-state index is 0.0151. The molecule has 0 spiro atoms. The first-order valence-electron chi connectivity index (χ1n) is 14.6. The number of ether oxygens (including phenoxy) is 2. The molecule has 3 heterocycles. The van der Waals surface area contributed by atoms with Gasteiger partial charge in [-0.2, -0.15) is 5.10 Å². The number of fused-ring (bicyclic) bond motifs is 2. The van der Waals surface area contributed by atoms with Crippen molar-refractivity contribution in [1.29, 1.82) is 0 Å². The lowest BCUT2D eigenvalue weighted by atomic mass is 10.1. The number of anilines is 2. The third kappa shape index (κ3) is 6.40. The fourth-order valence-electron chi connectivity index (χ4n) is 5.37. The van der Waals surface area contributed by atoms with Crippen molar-refractivity contribution in [1.82, 2.24) is 24.6 Å². The fourth-order valence-corrected chi connectivity index (χ4v) is 5.89. The fraction of sp³-hybridized carbons (Fsp3) is 0.242. The number of rotatable bonds is 12. The van der Waals surface area contributed by atoms with Crippen LogP contribution in [-0.4, -0.2) is 84.2 Å². The third-order valence-corrected chi connectivity index (χ3v) is 8.67. The quantitative estimate of drug-likeness (QED) is 0.181. The van der Waals surface area contributed by atoms with Crippen LogP contribution < -0.4 is 14.4 Å². The Morgan fingerprint density at radius 2 is 1.52 bits per heavy atom. The zero-order valence-corrected chi connectivity index (χ0v) is 26.4. The van der Waals surface area contributed by atoms with Gasteiger partial charge in [0.2, 0.25) is 0 Å². The second-order valence-corrected chi connectivity index (χ2v) is 13.2. The molecule has 13 heteroatoms. The predicted molar refractivity (Wildman–Crippen MR) is 173 cm³/mol. The van der Waals surface area contributed by atoms with Crippen LogP contribution in [0.2, 0.25) is 0 Å². The second kappa shape index (κ2) is 12.6. The molecule has 5 aromatic rings. The average molecular weight is 641 g/mol. The SMILES string of the molecule is COc1cc(OC)cc(N(CCCN2C(=O)c3ccccc3C2=O)c2ccc3ncc(-c4cnn(CCS(C)(=O)=O)c4)nc3c2)c1. The monoisotopic (exact) mass is 640 g/mol. The van der Waals surface area contributed by atoms with Crippen molar-refractivity contribution in [3.8, 4) is 22.8 Å². The Morgan fingerprint density at radius 1 is 0.826 bits per heavy atom. The van der Waals surface area contributed by atoms with Crippen LogP contribution in [-0.2, 0) is 16.4 Å². The number of imide groups is 1. The molecule has 0 fully saturated rings. The van der Waals surface area contributed by atoms with Gasteiger partial charge >= 0.3 is 0 Å². The van der Waals surface area contributed by atoms with Crippen molar-refractivity contribution in [3.63, 3.8) is 0 Å². The Kier molecular flexibility index (Phi) is 8.41. The molecular weight excluding hydrogens is 608 g/mol. The normalized spacial score (nSPS) is 12.9. The highest BCUT2D eigenvalue weighted by atomic mass is 32.2. The summed E-state index contributed by atoms with van der Waals surface area (Å²) in [4.78, 5) is 38.8. The van der Waals surface area contributed by atoms with Gasteiger partial charge in [0.15, 0.2) is 0 Å². The molecule has 2 amide bonds. The van der Waals surface area contributed by atoms with Gasteiger partial charge in [0.05, 0.1) is 66.8 Å². The zero-order valence-electron chi connectivity index (χ0n) is 25.6. The maximum atomic E-state index is 13.0. The lowest BCUT2D eigenvalue weighted by Gasteiger charge is -2.27. The number of hydrogen-bond donors (Lipinski definition) is 0. The lowest BCUT2D eigenvalue weighted by molar-refractivity contribution is 0.0653. The summed E-state index contributed by atoms with van der Waals surface area (Å²) in [5.41, 5.74) is 5.07. The largest absolute Gasteiger partial charge is 0.497 e. The highest BCUT2D eigenvalue weighted by Gasteiger charge is 2.34. The van der Waals surface area contributed by atoms with Crippen LogP contribution >= 0.6 is 0 Å². The molecule has 1 aliphatic rings. The maximum absolute atomic E-state index is 13.0. The Balaban J connectivity index is 1.30.